The van der Waals surface area contributed by atoms with E-state index in [2.05, 4.69) is 13.2 Å². The highest BCUT2D eigenvalue weighted by molar-refractivity contribution is 6.09. The molecule has 0 aliphatic rings. The van der Waals surface area contributed by atoms with Gasteiger partial charge in [0.15, 0.2) is 11.6 Å². The molecule has 134 valence electrons. The summed E-state index contributed by atoms with van der Waals surface area (Å²) in [5.74, 6) is -0.146. The summed E-state index contributed by atoms with van der Waals surface area (Å²) >= 11 is 0. The van der Waals surface area contributed by atoms with Crippen LogP contribution in [0.3, 0.4) is 0 Å². The van der Waals surface area contributed by atoms with Gasteiger partial charge in [0.2, 0.25) is 0 Å². The van der Waals surface area contributed by atoms with Crippen LogP contribution >= 0.6 is 0 Å². The van der Waals surface area contributed by atoms with E-state index in [4.69, 9.17) is 0 Å². The van der Waals surface area contributed by atoms with Crippen molar-refractivity contribution in [3.05, 3.63) is 95.1 Å². The fourth-order valence-corrected chi connectivity index (χ4v) is 2.83. The average molecular weight is 347 g/mol. The predicted molar refractivity (Wildman–Crippen MR) is 107 cm³/mol. The molecular formula is C23H25NO2. The van der Waals surface area contributed by atoms with Gasteiger partial charge in [-0.05, 0) is 33.0 Å². The first-order valence-electron chi connectivity index (χ1n) is 8.54. The van der Waals surface area contributed by atoms with Gasteiger partial charge in [-0.15, -0.1) is 0 Å². The lowest BCUT2D eigenvalue weighted by atomic mass is 10.0. The van der Waals surface area contributed by atoms with E-state index in [9.17, 15) is 9.59 Å². The molecule has 0 amide bonds. The molecule has 0 saturated heterocycles. The zero-order chi connectivity index (χ0) is 19.3. The minimum absolute atomic E-state index is 0.0730. The fourth-order valence-electron chi connectivity index (χ4n) is 2.83. The Labute approximate surface area is 155 Å². The summed E-state index contributed by atoms with van der Waals surface area (Å²) in [6.07, 6.45) is 0. The molecule has 0 N–H and O–H groups in total. The van der Waals surface area contributed by atoms with Crippen LogP contribution in [-0.4, -0.2) is 36.6 Å². The van der Waals surface area contributed by atoms with Gasteiger partial charge in [0.25, 0.3) is 0 Å². The Balaban J connectivity index is 1.96. The van der Waals surface area contributed by atoms with Gasteiger partial charge < -0.3 is 0 Å². The number of nitrogens with zero attached hydrogens (tertiary/aromatic N) is 1. The summed E-state index contributed by atoms with van der Waals surface area (Å²) in [4.78, 5) is 26.9. The zero-order valence-electron chi connectivity index (χ0n) is 15.7. The number of hydrogen-bond acceptors (Lipinski definition) is 3. The van der Waals surface area contributed by atoms with E-state index < -0.39 is 0 Å². The second-order valence-electron chi connectivity index (χ2n) is 6.78. The standard InChI is InChI=1S/C23H25NO2/c1-16-8-6-10-20(12-16)22(25)18(3)14-24(5)15-19(4)23(26)21-11-7-9-17(2)13-21/h6-13H,3-4,14-15H2,1-2,5H3. The Kier molecular flexibility index (Phi) is 6.42. The molecule has 3 nitrogen and oxygen atoms in total. The van der Waals surface area contributed by atoms with Crippen molar-refractivity contribution < 1.29 is 9.59 Å². The number of likely N-dealkylation sites (N-methyl/N-ethyl adjacent to an activating group) is 1. The van der Waals surface area contributed by atoms with E-state index in [0.717, 1.165) is 11.1 Å². The minimum atomic E-state index is -0.0730. The maximum absolute atomic E-state index is 12.5. The third-order valence-corrected chi connectivity index (χ3v) is 4.12. The minimum Gasteiger partial charge on any atom is -0.298 e. The van der Waals surface area contributed by atoms with Gasteiger partial charge >= 0.3 is 0 Å². The number of hydrogen-bond donors (Lipinski definition) is 0. The number of rotatable bonds is 8. The summed E-state index contributed by atoms with van der Waals surface area (Å²) in [7, 11) is 1.85. The van der Waals surface area contributed by atoms with Crippen LogP contribution in [-0.2, 0) is 0 Å². The maximum atomic E-state index is 12.5. The second-order valence-corrected chi connectivity index (χ2v) is 6.78. The van der Waals surface area contributed by atoms with Gasteiger partial charge in [-0.25, -0.2) is 0 Å². The molecule has 0 bridgehead atoms. The molecule has 0 aliphatic carbocycles. The van der Waals surface area contributed by atoms with E-state index in [-0.39, 0.29) is 11.6 Å². The monoisotopic (exact) mass is 347 g/mol. The molecule has 0 aromatic heterocycles. The van der Waals surface area contributed by atoms with Gasteiger partial charge in [-0.2, -0.15) is 0 Å². The van der Waals surface area contributed by atoms with Crippen LogP contribution in [0.1, 0.15) is 31.8 Å². The number of carbonyl (C=O) groups excluding carboxylic acids is 2. The smallest absolute Gasteiger partial charge is 0.189 e. The van der Waals surface area contributed by atoms with Crippen LogP contribution in [0.2, 0.25) is 0 Å². The van der Waals surface area contributed by atoms with Crippen LogP contribution in [0, 0.1) is 13.8 Å². The van der Waals surface area contributed by atoms with Crippen molar-refractivity contribution in [2.75, 3.05) is 20.1 Å². The molecule has 2 aromatic rings. The molecule has 0 atom stereocenters. The molecule has 3 heteroatoms. The molecular weight excluding hydrogens is 322 g/mol. The lowest BCUT2D eigenvalue weighted by Gasteiger charge is -2.18. The first-order chi connectivity index (χ1) is 12.3. The van der Waals surface area contributed by atoms with Gasteiger partial charge in [0.05, 0.1) is 0 Å². The Bertz CT molecular complexity index is 793. The van der Waals surface area contributed by atoms with Gasteiger partial charge in [-0.3, -0.25) is 14.5 Å². The van der Waals surface area contributed by atoms with Crippen molar-refractivity contribution in [1.82, 2.24) is 4.90 Å². The Hall–Kier alpha value is -2.78. The van der Waals surface area contributed by atoms with Gasteiger partial charge in [0.1, 0.15) is 0 Å². The van der Waals surface area contributed by atoms with Crippen molar-refractivity contribution in [1.29, 1.82) is 0 Å². The largest absolute Gasteiger partial charge is 0.298 e. The number of ketones is 2. The highest BCUT2D eigenvalue weighted by Gasteiger charge is 2.16. The Morgan fingerprint density at radius 2 is 1.19 bits per heavy atom. The summed E-state index contributed by atoms with van der Waals surface area (Å²) in [5.41, 5.74) is 4.34. The summed E-state index contributed by atoms with van der Waals surface area (Å²) < 4.78 is 0. The van der Waals surface area contributed by atoms with E-state index in [1.54, 1.807) is 12.1 Å². The van der Waals surface area contributed by atoms with Crippen molar-refractivity contribution in [2.24, 2.45) is 0 Å². The van der Waals surface area contributed by atoms with Crippen LogP contribution in [0.4, 0.5) is 0 Å². The second kappa shape index (κ2) is 8.54. The summed E-state index contributed by atoms with van der Waals surface area (Å²) in [5, 5.41) is 0. The Morgan fingerprint density at radius 3 is 1.54 bits per heavy atom. The molecule has 0 fully saturated rings. The van der Waals surface area contributed by atoms with Gasteiger partial charge in [0, 0.05) is 35.4 Å². The highest BCUT2D eigenvalue weighted by Crippen LogP contribution is 2.13. The molecule has 0 aliphatic heterocycles. The summed E-state index contributed by atoms with van der Waals surface area (Å²) in [6, 6.07) is 14.9. The zero-order valence-corrected chi connectivity index (χ0v) is 15.7. The van der Waals surface area contributed by atoms with Gasteiger partial charge in [-0.1, -0.05) is 60.7 Å². The van der Waals surface area contributed by atoms with Crippen LogP contribution in [0.5, 0.6) is 0 Å². The SMILES string of the molecule is C=C(CN(C)CC(=C)C(=O)c1cccc(C)c1)C(=O)c1cccc(C)c1. The number of carbonyl (C=O) groups is 2. The van der Waals surface area contributed by atoms with E-state index in [1.165, 1.54) is 0 Å². The van der Waals surface area contributed by atoms with Crippen molar-refractivity contribution in [3.8, 4) is 0 Å². The predicted octanol–water partition coefficient (Wildman–Crippen LogP) is 4.41. The van der Waals surface area contributed by atoms with Crippen molar-refractivity contribution in [3.63, 3.8) is 0 Å². The lowest BCUT2D eigenvalue weighted by Crippen LogP contribution is -2.27. The maximum Gasteiger partial charge on any atom is 0.189 e. The molecule has 26 heavy (non-hydrogen) atoms. The number of aryl methyl sites for hydroxylation is 2. The molecule has 0 radical (unpaired) electrons. The topological polar surface area (TPSA) is 37.4 Å². The van der Waals surface area contributed by atoms with E-state index >= 15 is 0 Å². The van der Waals surface area contributed by atoms with Crippen molar-refractivity contribution >= 4 is 11.6 Å². The third kappa shape index (κ3) is 5.11. The third-order valence-electron chi connectivity index (χ3n) is 4.12. The van der Waals surface area contributed by atoms with Crippen LogP contribution < -0.4 is 0 Å². The number of benzene rings is 2. The Morgan fingerprint density at radius 1 is 0.808 bits per heavy atom. The summed E-state index contributed by atoms with van der Waals surface area (Å²) in [6.45, 7) is 12.5. The molecule has 0 spiro atoms. The average Bonchev–Trinajstić information content (AvgIpc) is 2.60. The molecule has 2 aromatic carbocycles. The highest BCUT2D eigenvalue weighted by atomic mass is 16.1. The van der Waals surface area contributed by atoms with Crippen LogP contribution in [0.15, 0.2) is 72.8 Å². The normalized spacial score (nSPS) is 10.6. The quantitative estimate of drug-likeness (QED) is 0.524. The fraction of sp³-hybridized carbons (Fsp3) is 0.217. The molecule has 0 heterocycles. The molecule has 2 rings (SSSR count). The first-order valence-corrected chi connectivity index (χ1v) is 8.54. The lowest BCUT2D eigenvalue weighted by molar-refractivity contribution is 0.102. The molecule has 0 unspecified atom stereocenters. The van der Waals surface area contributed by atoms with E-state index in [0.29, 0.717) is 35.4 Å². The van der Waals surface area contributed by atoms with Crippen LogP contribution in [0.25, 0.3) is 0 Å². The van der Waals surface area contributed by atoms with E-state index in [1.807, 2.05) is 62.2 Å². The first kappa shape index (κ1) is 19.5. The molecule has 0 saturated carbocycles. The number of Topliss-reactive ketones (excluding diaryl/α,β-unsaturated/α-hetero) is 2. The van der Waals surface area contributed by atoms with Crippen molar-refractivity contribution in [2.45, 2.75) is 13.8 Å².